The van der Waals surface area contributed by atoms with Crippen LogP contribution in [0.5, 0.6) is 5.75 Å². The van der Waals surface area contributed by atoms with Crippen LogP contribution < -0.4 is 0 Å². The van der Waals surface area contributed by atoms with E-state index in [1.165, 1.54) is 0 Å². The normalized spacial score (nSPS) is 11.0. The number of hydrogen-bond donors (Lipinski definition) is 1. The maximum atomic E-state index is 9.41. The molecule has 1 heterocycles. The van der Waals surface area contributed by atoms with E-state index in [0.29, 0.717) is 0 Å². The van der Waals surface area contributed by atoms with Gasteiger partial charge in [0.05, 0.1) is 11.0 Å². The number of nitrogens with zero attached hydrogens (tertiary/aromatic N) is 2. The van der Waals surface area contributed by atoms with Gasteiger partial charge in [0.2, 0.25) is 0 Å². The third-order valence-corrected chi connectivity index (χ3v) is 4.31. The molecule has 0 saturated carbocycles. The minimum absolute atomic E-state index is 0.284. The van der Waals surface area contributed by atoms with E-state index >= 15 is 0 Å². The quantitative estimate of drug-likeness (QED) is 0.571. The van der Waals surface area contributed by atoms with Crippen molar-refractivity contribution in [1.29, 1.82) is 0 Å². The van der Waals surface area contributed by atoms with Crippen LogP contribution in [-0.2, 0) is 6.54 Å². The summed E-state index contributed by atoms with van der Waals surface area (Å²) in [4.78, 5) is 4.80. The lowest BCUT2D eigenvalue weighted by molar-refractivity contribution is 0.475. The maximum Gasteiger partial charge on any atom is 0.141 e. The van der Waals surface area contributed by atoms with Gasteiger partial charge in [0.1, 0.15) is 11.6 Å². The highest BCUT2D eigenvalue weighted by Gasteiger charge is 2.11. The SMILES string of the molecule is CCn1c(-c2ccc(-c3ccc(O)cc3)cc2)nc2ccccc21. The minimum Gasteiger partial charge on any atom is -0.508 e. The second-order valence-corrected chi connectivity index (χ2v) is 5.79. The van der Waals surface area contributed by atoms with E-state index < -0.39 is 0 Å². The maximum absolute atomic E-state index is 9.41. The fourth-order valence-electron chi connectivity index (χ4n) is 3.08. The van der Waals surface area contributed by atoms with Gasteiger partial charge in [-0.2, -0.15) is 0 Å². The van der Waals surface area contributed by atoms with Crippen molar-refractivity contribution >= 4 is 11.0 Å². The van der Waals surface area contributed by atoms with Crippen LogP contribution in [0.2, 0.25) is 0 Å². The van der Waals surface area contributed by atoms with E-state index in [0.717, 1.165) is 40.1 Å². The molecular formula is C21H18N2O. The van der Waals surface area contributed by atoms with Gasteiger partial charge >= 0.3 is 0 Å². The molecule has 0 bridgehead atoms. The first kappa shape index (κ1) is 14.5. The zero-order valence-electron chi connectivity index (χ0n) is 13.5. The molecule has 0 spiro atoms. The molecule has 118 valence electrons. The fourth-order valence-corrected chi connectivity index (χ4v) is 3.08. The van der Waals surface area contributed by atoms with Crippen LogP contribution in [-0.4, -0.2) is 14.7 Å². The number of hydrogen-bond acceptors (Lipinski definition) is 2. The number of phenols is 1. The van der Waals surface area contributed by atoms with E-state index in [4.69, 9.17) is 4.98 Å². The van der Waals surface area contributed by atoms with E-state index in [9.17, 15) is 5.11 Å². The fraction of sp³-hybridized carbons (Fsp3) is 0.0952. The van der Waals surface area contributed by atoms with Gasteiger partial charge in [-0.05, 0) is 42.3 Å². The van der Waals surface area contributed by atoms with E-state index in [1.807, 2.05) is 24.3 Å². The molecule has 0 fully saturated rings. The Morgan fingerprint density at radius 3 is 2.04 bits per heavy atom. The number of rotatable bonds is 3. The molecule has 3 nitrogen and oxygen atoms in total. The Morgan fingerprint density at radius 2 is 1.38 bits per heavy atom. The predicted molar refractivity (Wildman–Crippen MR) is 97.9 cm³/mol. The van der Waals surface area contributed by atoms with Crippen molar-refractivity contribution < 1.29 is 5.11 Å². The zero-order valence-corrected chi connectivity index (χ0v) is 13.5. The van der Waals surface area contributed by atoms with Crippen molar-refractivity contribution in [3.63, 3.8) is 0 Å². The van der Waals surface area contributed by atoms with Gasteiger partial charge < -0.3 is 9.67 Å². The van der Waals surface area contributed by atoms with Crippen molar-refractivity contribution in [2.75, 3.05) is 0 Å². The summed E-state index contributed by atoms with van der Waals surface area (Å²) in [5.41, 5.74) is 5.51. The number of aryl methyl sites for hydroxylation is 1. The highest BCUT2D eigenvalue weighted by molar-refractivity contribution is 5.81. The highest BCUT2D eigenvalue weighted by Crippen LogP contribution is 2.28. The number of imidazole rings is 1. The van der Waals surface area contributed by atoms with Gasteiger partial charge in [0, 0.05) is 12.1 Å². The predicted octanol–water partition coefficient (Wildman–Crippen LogP) is 5.10. The number of benzene rings is 3. The molecule has 0 saturated heterocycles. The molecule has 1 N–H and O–H groups in total. The molecule has 4 aromatic rings. The van der Waals surface area contributed by atoms with Crippen molar-refractivity contribution in [1.82, 2.24) is 9.55 Å². The molecule has 3 aromatic carbocycles. The molecule has 0 unspecified atom stereocenters. The summed E-state index contributed by atoms with van der Waals surface area (Å²) < 4.78 is 2.24. The second kappa shape index (κ2) is 5.85. The van der Waals surface area contributed by atoms with Crippen molar-refractivity contribution in [2.45, 2.75) is 13.5 Å². The Balaban J connectivity index is 1.76. The summed E-state index contributed by atoms with van der Waals surface area (Å²) in [7, 11) is 0. The average Bonchev–Trinajstić information content (AvgIpc) is 3.01. The summed E-state index contributed by atoms with van der Waals surface area (Å²) in [5.74, 6) is 1.28. The minimum atomic E-state index is 0.284. The third-order valence-electron chi connectivity index (χ3n) is 4.31. The highest BCUT2D eigenvalue weighted by atomic mass is 16.3. The standard InChI is InChI=1S/C21H18N2O/c1-2-23-20-6-4-3-5-19(20)22-21(23)17-9-7-15(8-10-17)16-11-13-18(24)14-12-16/h3-14,24H,2H2,1H3. The number of phenolic OH excluding ortho intramolecular Hbond substituents is 1. The zero-order chi connectivity index (χ0) is 16.5. The molecule has 0 amide bonds. The van der Waals surface area contributed by atoms with Gasteiger partial charge in [-0.3, -0.25) is 0 Å². The number of para-hydroxylation sites is 2. The molecule has 0 atom stereocenters. The summed E-state index contributed by atoms with van der Waals surface area (Å²) in [5, 5.41) is 9.41. The van der Waals surface area contributed by atoms with Crippen LogP contribution in [0.25, 0.3) is 33.5 Å². The molecule has 4 rings (SSSR count). The van der Waals surface area contributed by atoms with Crippen molar-refractivity contribution in [3.05, 3.63) is 72.8 Å². The number of aromatic nitrogens is 2. The van der Waals surface area contributed by atoms with Gasteiger partial charge in [0.15, 0.2) is 0 Å². The lowest BCUT2D eigenvalue weighted by Crippen LogP contribution is -1.97. The molecule has 3 heteroatoms. The summed E-state index contributed by atoms with van der Waals surface area (Å²) >= 11 is 0. The first-order chi connectivity index (χ1) is 11.8. The molecule has 0 radical (unpaired) electrons. The molecule has 0 aliphatic rings. The third kappa shape index (κ3) is 2.44. The monoisotopic (exact) mass is 314 g/mol. The van der Waals surface area contributed by atoms with Crippen molar-refractivity contribution in [3.8, 4) is 28.3 Å². The van der Waals surface area contributed by atoms with Crippen LogP contribution in [0.3, 0.4) is 0 Å². The summed E-state index contributed by atoms with van der Waals surface area (Å²) in [6, 6.07) is 23.9. The van der Waals surface area contributed by atoms with E-state index in [-0.39, 0.29) is 5.75 Å². The van der Waals surface area contributed by atoms with Crippen LogP contribution in [0.1, 0.15) is 6.92 Å². The van der Waals surface area contributed by atoms with E-state index in [2.05, 4.69) is 47.9 Å². The van der Waals surface area contributed by atoms with E-state index in [1.54, 1.807) is 12.1 Å². The first-order valence-electron chi connectivity index (χ1n) is 8.11. The lowest BCUT2D eigenvalue weighted by Gasteiger charge is -2.07. The topological polar surface area (TPSA) is 38.0 Å². The Hall–Kier alpha value is -3.07. The Bertz CT molecular complexity index is 983. The Morgan fingerprint density at radius 1 is 0.792 bits per heavy atom. The number of aromatic hydroxyl groups is 1. The smallest absolute Gasteiger partial charge is 0.141 e. The Labute approximate surface area is 140 Å². The van der Waals surface area contributed by atoms with Crippen LogP contribution in [0.15, 0.2) is 72.8 Å². The van der Waals surface area contributed by atoms with Gasteiger partial charge in [-0.25, -0.2) is 4.98 Å². The lowest BCUT2D eigenvalue weighted by atomic mass is 10.0. The molecular weight excluding hydrogens is 296 g/mol. The van der Waals surface area contributed by atoms with Gasteiger partial charge in [-0.1, -0.05) is 48.5 Å². The van der Waals surface area contributed by atoms with Crippen LogP contribution in [0.4, 0.5) is 0 Å². The first-order valence-corrected chi connectivity index (χ1v) is 8.11. The largest absolute Gasteiger partial charge is 0.508 e. The van der Waals surface area contributed by atoms with Crippen LogP contribution in [0, 0.1) is 0 Å². The molecule has 0 aliphatic heterocycles. The van der Waals surface area contributed by atoms with Gasteiger partial charge in [-0.15, -0.1) is 0 Å². The average molecular weight is 314 g/mol. The summed E-state index contributed by atoms with van der Waals surface area (Å²) in [6.07, 6.45) is 0. The van der Waals surface area contributed by atoms with Crippen molar-refractivity contribution in [2.24, 2.45) is 0 Å². The Kier molecular flexibility index (Phi) is 3.54. The molecule has 1 aromatic heterocycles. The summed E-state index contributed by atoms with van der Waals surface area (Å²) in [6.45, 7) is 3.03. The number of fused-ring (bicyclic) bond motifs is 1. The molecule has 24 heavy (non-hydrogen) atoms. The second-order valence-electron chi connectivity index (χ2n) is 5.79. The van der Waals surface area contributed by atoms with Crippen LogP contribution >= 0.6 is 0 Å². The molecule has 0 aliphatic carbocycles. The van der Waals surface area contributed by atoms with Gasteiger partial charge in [0.25, 0.3) is 0 Å².